The highest BCUT2D eigenvalue weighted by Crippen LogP contribution is 2.30. The lowest BCUT2D eigenvalue weighted by molar-refractivity contribution is 0.331. The molecule has 0 spiro atoms. The predicted molar refractivity (Wildman–Crippen MR) is 79.8 cm³/mol. The predicted octanol–water partition coefficient (Wildman–Crippen LogP) is 3.82. The molecule has 22 heavy (non-hydrogen) atoms. The molecule has 0 saturated carbocycles. The van der Waals surface area contributed by atoms with E-state index in [1.165, 1.54) is 12.1 Å². The molecule has 4 nitrogen and oxygen atoms in total. The maximum Gasteiger partial charge on any atom is 0.265 e. The zero-order chi connectivity index (χ0) is 16.3. The van der Waals surface area contributed by atoms with Crippen molar-refractivity contribution in [2.45, 2.75) is 11.8 Å². The molecule has 0 aliphatic carbocycles. The smallest absolute Gasteiger partial charge is 0.265 e. The van der Waals surface area contributed by atoms with Crippen molar-refractivity contribution in [2.24, 2.45) is 0 Å². The minimum atomic E-state index is -4.27. The van der Waals surface area contributed by atoms with Crippen LogP contribution in [0.4, 0.5) is 14.5 Å². The molecular weight excluding hydrogens is 336 g/mol. The SMILES string of the molecule is CCOc1ccc(Cl)cc1S(=O)(=O)Nc1c(F)cccc1F. The van der Waals surface area contributed by atoms with Gasteiger partial charge in [-0.1, -0.05) is 17.7 Å². The average Bonchev–Trinajstić information content (AvgIpc) is 2.45. The van der Waals surface area contributed by atoms with Gasteiger partial charge in [0, 0.05) is 5.02 Å². The minimum absolute atomic E-state index is 0.0381. The molecule has 0 amide bonds. The largest absolute Gasteiger partial charge is 0.492 e. The van der Waals surface area contributed by atoms with E-state index in [9.17, 15) is 17.2 Å². The molecular formula is C14H12ClF2NO3S. The van der Waals surface area contributed by atoms with Crippen molar-refractivity contribution in [1.29, 1.82) is 0 Å². The second kappa shape index (κ2) is 6.50. The zero-order valence-electron chi connectivity index (χ0n) is 11.4. The molecule has 0 bridgehead atoms. The van der Waals surface area contributed by atoms with E-state index >= 15 is 0 Å². The van der Waals surface area contributed by atoms with Crippen LogP contribution in [-0.2, 0) is 10.0 Å². The maximum atomic E-state index is 13.6. The summed E-state index contributed by atoms with van der Waals surface area (Å²) >= 11 is 5.79. The minimum Gasteiger partial charge on any atom is -0.492 e. The molecule has 0 aliphatic heterocycles. The molecule has 0 radical (unpaired) electrons. The van der Waals surface area contributed by atoms with E-state index in [1.807, 2.05) is 4.72 Å². The third kappa shape index (κ3) is 3.48. The highest BCUT2D eigenvalue weighted by molar-refractivity contribution is 7.92. The van der Waals surface area contributed by atoms with Crippen LogP contribution in [0.25, 0.3) is 0 Å². The van der Waals surface area contributed by atoms with Crippen molar-refractivity contribution in [3.63, 3.8) is 0 Å². The fourth-order valence-electron chi connectivity index (χ4n) is 1.75. The molecule has 0 unspecified atom stereocenters. The van der Waals surface area contributed by atoms with Crippen molar-refractivity contribution >= 4 is 27.3 Å². The summed E-state index contributed by atoms with van der Waals surface area (Å²) in [6.45, 7) is 1.90. The van der Waals surface area contributed by atoms with Gasteiger partial charge in [-0.3, -0.25) is 4.72 Å². The van der Waals surface area contributed by atoms with Gasteiger partial charge in [-0.25, -0.2) is 17.2 Å². The van der Waals surface area contributed by atoms with Gasteiger partial charge in [-0.2, -0.15) is 0 Å². The van der Waals surface area contributed by atoms with Crippen LogP contribution in [0.2, 0.25) is 5.02 Å². The number of anilines is 1. The average molecular weight is 348 g/mol. The molecule has 1 N–H and O–H groups in total. The van der Waals surface area contributed by atoms with Crippen LogP contribution >= 0.6 is 11.6 Å². The number of hydrogen-bond acceptors (Lipinski definition) is 3. The Kier molecular flexibility index (Phi) is 4.87. The fourth-order valence-corrected chi connectivity index (χ4v) is 3.24. The van der Waals surface area contributed by atoms with Crippen LogP contribution in [0.3, 0.4) is 0 Å². The van der Waals surface area contributed by atoms with E-state index in [2.05, 4.69) is 0 Å². The normalized spacial score (nSPS) is 11.3. The molecule has 0 saturated heterocycles. The van der Waals surface area contributed by atoms with Crippen molar-refractivity contribution < 1.29 is 21.9 Å². The maximum absolute atomic E-state index is 13.6. The lowest BCUT2D eigenvalue weighted by Crippen LogP contribution is -2.16. The van der Waals surface area contributed by atoms with Gasteiger partial charge in [-0.05, 0) is 37.3 Å². The number of rotatable bonds is 5. The number of nitrogens with one attached hydrogen (secondary N) is 1. The van der Waals surface area contributed by atoms with Crippen LogP contribution < -0.4 is 9.46 Å². The first-order valence-corrected chi connectivity index (χ1v) is 8.10. The second-order valence-electron chi connectivity index (χ2n) is 4.23. The summed E-state index contributed by atoms with van der Waals surface area (Å²) in [6, 6.07) is 7.00. The van der Waals surface area contributed by atoms with Gasteiger partial charge in [-0.15, -0.1) is 0 Å². The van der Waals surface area contributed by atoms with Gasteiger partial charge in [0.1, 0.15) is 28.0 Å². The summed E-state index contributed by atoms with van der Waals surface area (Å²) in [5, 5.41) is 0.151. The van der Waals surface area contributed by atoms with Crippen molar-refractivity contribution in [3.8, 4) is 5.75 Å². The third-order valence-electron chi connectivity index (χ3n) is 2.69. The van der Waals surface area contributed by atoms with Crippen molar-refractivity contribution in [1.82, 2.24) is 0 Å². The standard InChI is InChI=1S/C14H12ClF2NO3S/c1-2-21-12-7-6-9(15)8-13(12)22(19,20)18-14-10(16)4-3-5-11(14)17/h3-8,18H,2H2,1H3. The molecule has 8 heteroatoms. The van der Waals surface area contributed by atoms with E-state index in [1.54, 1.807) is 6.92 Å². The Balaban J connectivity index is 2.49. The van der Waals surface area contributed by atoms with Gasteiger partial charge in [0.2, 0.25) is 0 Å². The molecule has 0 fully saturated rings. The van der Waals surface area contributed by atoms with Crippen LogP contribution in [0.5, 0.6) is 5.75 Å². The second-order valence-corrected chi connectivity index (χ2v) is 6.31. The molecule has 118 valence electrons. The molecule has 2 rings (SSSR count). The summed E-state index contributed by atoms with van der Waals surface area (Å²) in [6.07, 6.45) is 0. The summed E-state index contributed by atoms with van der Waals surface area (Å²) in [5.74, 6) is -2.01. The van der Waals surface area contributed by atoms with E-state index < -0.39 is 27.3 Å². The molecule has 0 aromatic heterocycles. The highest BCUT2D eigenvalue weighted by Gasteiger charge is 2.23. The van der Waals surface area contributed by atoms with Crippen LogP contribution in [-0.4, -0.2) is 15.0 Å². The molecule has 0 atom stereocenters. The number of para-hydroxylation sites is 1. The number of halogens is 3. The molecule has 2 aromatic carbocycles. The topological polar surface area (TPSA) is 55.4 Å². The number of sulfonamides is 1. The molecule has 0 heterocycles. The van der Waals surface area contributed by atoms with Crippen LogP contribution in [0.15, 0.2) is 41.3 Å². The fraction of sp³-hybridized carbons (Fsp3) is 0.143. The zero-order valence-corrected chi connectivity index (χ0v) is 13.0. The first-order valence-electron chi connectivity index (χ1n) is 6.24. The summed E-state index contributed by atoms with van der Waals surface area (Å²) in [5.41, 5.74) is -0.759. The number of benzene rings is 2. The lowest BCUT2D eigenvalue weighted by atomic mass is 10.3. The van der Waals surface area contributed by atoms with E-state index in [0.29, 0.717) is 0 Å². The monoisotopic (exact) mass is 347 g/mol. The summed E-state index contributed by atoms with van der Waals surface area (Å²) in [4.78, 5) is -0.301. The highest BCUT2D eigenvalue weighted by atomic mass is 35.5. The van der Waals surface area contributed by atoms with E-state index in [4.69, 9.17) is 16.3 Å². The van der Waals surface area contributed by atoms with Crippen molar-refractivity contribution in [3.05, 3.63) is 53.1 Å². The Hall–Kier alpha value is -1.86. The number of ether oxygens (including phenoxy) is 1. The van der Waals surface area contributed by atoms with Crippen LogP contribution in [0, 0.1) is 11.6 Å². The molecule has 2 aromatic rings. The van der Waals surface area contributed by atoms with Gasteiger partial charge in [0.15, 0.2) is 0 Å². The van der Waals surface area contributed by atoms with E-state index in [-0.39, 0.29) is 22.3 Å². The van der Waals surface area contributed by atoms with Gasteiger partial charge in [0.05, 0.1) is 6.61 Å². The Bertz CT molecular complexity index is 776. The Morgan fingerprint density at radius 1 is 1.18 bits per heavy atom. The Labute approximate surface area is 131 Å². The summed E-state index contributed by atoms with van der Waals surface area (Å²) in [7, 11) is -4.27. The lowest BCUT2D eigenvalue weighted by Gasteiger charge is -2.13. The first kappa shape index (κ1) is 16.5. The summed E-state index contributed by atoms with van der Waals surface area (Å²) < 4.78 is 59.0. The third-order valence-corrected chi connectivity index (χ3v) is 4.30. The van der Waals surface area contributed by atoms with E-state index in [0.717, 1.165) is 24.3 Å². The van der Waals surface area contributed by atoms with Crippen molar-refractivity contribution in [2.75, 3.05) is 11.3 Å². The Morgan fingerprint density at radius 2 is 1.82 bits per heavy atom. The Morgan fingerprint density at radius 3 is 2.41 bits per heavy atom. The van der Waals surface area contributed by atoms with Gasteiger partial charge >= 0.3 is 0 Å². The number of hydrogen-bond donors (Lipinski definition) is 1. The van der Waals surface area contributed by atoms with Gasteiger partial charge < -0.3 is 4.74 Å². The quantitative estimate of drug-likeness (QED) is 0.894. The molecule has 0 aliphatic rings. The van der Waals surface area contributed by atoms with Crippen LogP contribution in [0.1, 0.15) is 6.92 Å². The first-order chi connectivity index (χ1) is 10.3. The van der Waals surface area contributed by atoms with Gasteiger partial charge in [0.25, 0.3) is 10.0 Å².